The standard InChI is InChI=1S/C19H24O2/c1-15(20)14-19(2,3)21-18(16-10-6-4-7-11-16)17-12-8-5-9-13-17/h4-13,15,18,20H,14H2,1-3H3. The van der Waals surface area contributed by atoms with E-state index < -0.39 is 5.60 Å². The van der Waals surface area contributed by atoms with Crippen molar-refractivity contribution in [2.75, 3.05) is 0 Å². The number of benzene rings is 2. The van der Waals surface area contributed by atoms with Crippen molar-refractivity contribution < 1.29 is 9.84 Å². The average molecular weight is 284 g/mol. The first-order valence-electron chi connectivity index (χ1n) is 7.44. The molecule has 0 bridgehead atoms. The maximum atomic E-state index is 9.66. The summed E-state index contributed by atoms with van der Waals surface area (Å²) in [5, 5.41) is 9.66. The maximum Gasteiger partial charge on any atom is 0.108 e. The Hall–Kier alpha value is -1.64. The molecule has 0 aliphatic carbocycles. The highest BCUT2D eigenvalue weighted by Crippen LogP contribution is 2.32. The van der Waals surface area contributed by atoms with Crippen molar-refractivity contribution in [2.45, 2.75) is 45.0 Å². The molecule has 21 heavy (non-hydrogen) atoms. The van der Waals surface area contributed by atoms with Crippen LogP contribution >= 0.6 is 0 Å². The smallest absolute Gasteiger partial charge is 0.108 e. The van der Waals surface area contributed by atoms with E-state index in [2.05, 4.69) is 24.3 Å². The Morgan fingerprint density at radius 1 is 0.905 bits per heavy atom. The van der Waals surface area contributed by atoms with E-state index in [1.165, 1.54) is 0 Å². The molecule has 0 amide bonds. The molecule has 2 nitrogen and oxygen atoms in total. The average Bonchev–Trinajstić information content (AvgIpc) is 2.45. The molecule has 2 rings (SSSR count). The van der Waals surface area contributed by atoms with E-state index in [0.29, 0.717) is 6.42 Å². The lowest BCUT2D eigenvalue weighted by Crippen LogP contribution is -2.31. The summed E-state index contributed by atoms with van der Waals surface area (Å²) in [5.74, 6) is 0. The maximum absolute atomic E-state index is 9.66. The molecule has 112 valence electrons. The number of hydrogen-bond acceptors (Lipinski definition) is 2. The summed E-state index contributed by atoms with van der Waals surface area (Å²) in [5.41, 5.74) is 1.86. The number of aliphatic hydroxyl groups is 1. The Balaban J connectivity index is 2.29. The normalized spacial score (nSPS) is 13.4. The number of ether oxygens (including phenoxy) is 1. The molecule has 0 radical (unpaired) electrons. The van der Waals surface area contributed by atoms with Gasteiger partial charge in [-0.25, -0.2) is 0 Å². The molecule has 2 aromatic carbocycles. The molecule has 2 aromatic rings. The van der Waals surface area contributed by atoms with Crippen LogP contribution in [0, 0.1) is 0 Å². The van der Waals surface area contributed by atoms with Gasteiger partial charge in [0.05, 0.1) is 11.7 Å². The van der Waals surface area contributed by atoms with Crippen LogP contribution in [0.2, 0.25) is 0 Å². The fraction of sp³-hybridized carbons (Fsp3) is 0.368. The fourth-order valence-corrected chi connectivity index (χ4v) is 2.66. The molecular formula is C19H24O2. The van der Waals surface area contributed by atoms with Crippen LogP contribution < -0.4 is 0 Å². The Bertz CT molecular complexity index is 493. The first-order valence-corrected chi connectivity index (χ1v) is 7.44. The lowest BCUT2D eigenvalue weighted by Gasteiger charge is -2.32. The first-order chi connectivity index (χ1) is 9.98. The van der Waals surface area contributed by atoms with Gasteiger partial charge in [0.2, 0.25) is 0 Å². The van der Waals surface area contributed by atoms with Gasteiger partial charge in [0.15, 0.2) is 0 Å². The zero-order valence-electron chi connectivity index (χ0n) is 13.0. The van der Waals surface area contributed by atoms with Gasteiger partial charge in [-0.05, 0) is 31.9 Å². The van der Waals surface area contributed by atoms with E-state index in [4.69, 9.17) is 4.74 Å². The van der Waals surface area contributed by atoms with Gasteiger partial charge in [-0.15, -0.1) is 0 Å². The highest BCUT2D eigenvalue weighted by atomic mass is 16.5. The number of aliphatic hydroxyl groups excluding tert-OH is 1. The van der Waals surface area contributed by atoms with Crippen molar-refractivity contribution >= 4 is 0 Å². The van der Waals surface area contributed by atoms with Crippen LogP contribution in [0.1, 0.15) is 44.4 Å². The second-order valence-corrected chi connectivity index (χ2v) is 6.13. The van der Waals surface area contributed by atoms with Gasteiger partial charge in [0.25, 0.3) is 0 Å². The van der Waals surface area contributed by atoms with Crippen molar-refractivity contribution in [2.24, 2.45) is 0 Å². The minimum absolute atomic E-state index is 0.124. The van der Waals surface area contributed by atoms with Crippen LogP contribution in [-0.4, -0.2) is 16.8 Å². The quantitative estimate of drug-likeness (QED) is 0.855. The third-order valence-electron chi connectivity index (χ3n) is 3.43. The molecular weight excluding hydrogens is 260 g/mol. The zero-order valence-corrected chi connectivity index (χ0v) is 13.0. The predicted molar refractivity (Wildman–Crippen MR) is 86.2 cm³/mol. The topological polar surface area (TPSA) is 29.5 Å². The molecule has 0 fully saturated rings. The van der Waals surface area contributed by atoms with E-state index in [0.717, 1.165) is 11.1 Å². The third-order valence-corrected chi connectivity index (χ3v) is 3.43. The van der Waals surface area contributed by atoms with Crippen LogP contribution in [0.3, 0.4) is 0 Å². The molecule has 0 spiro atoms. The van der Waals surface area contributed by atoms with Crippen LogP contribution in [0.25, 0.3) is 0 Å². The van der Waals surface area contributed by atoms with E-state index in [1.54, 1.807) is 6.92 Å². The molecule has 0 aliphatic rings. The molecule has 0 saturated carbocycles. The van der Waals surface area contributed by atoms with Crippen molar-refractivity contribution in [1.29, 1.82) is 0 Å². The van der Waals surface area contributed by atoms with Gasteiger partial charge in [0.1, 0.15) is 6.10 Å². The van der Waals surface area contributed by atoms with Crippen molar-refractivity contribution in [3.05, 3.63) is 71.8 Å². The summed E-state index contributed by atoms with van der Waals surface area (Å²) in [6, 6.07) is 20.4. The predicted octanol–water partition coefficient (Wildman–Crippen LogP) is 4.34. The van der Waals surface area contributed by atoms with E-state index in [9.17, 15) is 5.11 Å². The summed E-state index contributed by atoms with van der Waals surface area (Å²) in [4.78, 5) is 0. The van der Waals surface area contributed by atoms with Gasteiger partial charge < -0.3 is 9.84 Å². The van der Waals surface area contributed by atoms with Gasteiger partial charge in [-0.2, -0.15) is 0 Å². The van der Waals surface area contributed by atoms with Gasteiger partial charge in [-0.1, -0.05) is 60.7 Å². The number of hydrogen-bond donors (Lipinski definition) is 1. The van der Waals surface area contributed by atoms with Crippen LogP contribution in [0.4, 0.5) is 0 Å². The van der Waals surface area contributed by atoms with Crippen LogP contribution in [0.15, 0.2) is 60.7 Å². The molecule has 0 aliphatic heterocycles. The molecule has 1 N–H and O–H groups in total. The van der Waals surface area contributed by atoms with Crippen LogP contribution in [0.5, 0.6) is 0 Å². The third kappa shape index (κ3) is 4.69. The van der Waals surface area contributed by atoms with Gasteiger partial charge in [-0.3, -0.25) is 0 Å². The lowest BCUT2D eigenvalue weighted by molar-refractivity contribution is -0.0781. The second kappa shape index (κ2) is 6.88. The lowest BCUT2D eigenvalue weighted by atomic mass is 9.97. The minimum atomic E-state index is -0.398. The number of rotatable bonds is 6. The second-order valence-electron chi connectivity index (χ2n) is 6.13. The van der Waals surface area contributed by atoms with Gasteiger partial charge in [0, 0.05) is 6.42 Å². The molecule has 2 heteroatoms. The molecule has 0 heterocycles. The fourth-order valence-electron chi connectivity index (χ4n) is 2.66. The van der Waals surface area contributed by atoms with Crippen molar-refractivity contribution in [1.82, 2.24) is 0 Å². The Labute approximate surface area is 127 Å². The molecule has 1 unspecified atom stereocenters. The Morgan fingerprint density at radius 3 is 1.71 bits per heavy atom. The minimum Gasteiger partial charge on any atom is -0.393 e. The first kappa shape index (κ1) is 15.7. The van der Waals surface area contributed by atoms with Gasteiger partial charge >= 0.3 is 0 Å². The highest BCUT2D eigenvalue weighted by Gasteiger charge is 2.27. The SMILES string of the molecule is CC(O)CC(C)(C)OC(c1ccccc1)c1ccccc1. The Kier molecular flexibility index (Phi) is 5.16. The highest BCUT2D eigenvalue weighted by molar-refractivity contribution is 5.30. The summed E-state index contributed by atoms with van der Waals surface area (Å²) in [6.45, 7) is 5.85. The van der Waals surface area contributed by atoms with Crippen LogP contribution in [-0.2, 0) is 4.74 Å². The summed E-state index contributed by atoms with van der Waals surface area (Å²) >= 11 is 0. The largest absolute Gasteiger partial charge is 0.393 e. The van der Waals surface area contributed by atoms with Crippen molar-refractivity contribution in [3.63, 3.8) is 0 Å². The monoisotopic (exact) mass is 284 g/mol. The summed E-state index contributed by atoms with van der Waals surface area (Å²) in [6.07, 6.45) is 0.0942. The van der Waals surface area contributed by atoms with E-state index in [1.807, 2.05) is 50.2 Å². The van der Waals surface area contributed by atoms with E-state index >= 15 is 0 Å². The molecule has 1 atom stereocenters. The van der Waals surface area contributed by atoms with Crippen molar-refractivity contribution in [3.8, 4) is 0 Å². The molecule has 0 aromatic heterocycles. The zero-order chi connectivity index (χ0) is 15.3. The summed E-state index contributed by atoms with van der Waals surface area (Å²) < 4.78 is 6.36. The molecule has 0 saturated heterocycles. The Morgan fingerprint density at radius 2 is 1.33 bits per heavy atom. The van der Waals surface area contributed by atoms with E-state index in [-0.39, 0.29) is 12.2 Å². The summed E-state index contributed by atoms with van der Waals surface area (Å²) in [7, 11) is 0.